The van der Waals surface area contributed by atoms with Crippen molar-refractivity contribution in [2.24, 2.45) is 0 Å². The highest BCUT2D eigenvalue weighted by atomic mass is 16.7. The van der Waals surface area contributed by atoms with Crippen LogP contribution in [-0.2, 0) is 25.5 Å². The second-order valence-corrected chi connectivity index (χ2v) is 9.17. The Morgan fingerprint density at radius 3 is 1.87 bits per heavy atom. The fourth-order valence-electron chi connectivity index (χ4n) is 5.15. The molecular formula is C31H36N2O5. The van der Waals surface area contributed by atoms with Crippen molar-refractivity contribution in [3.8, 4) is 11.1 Å². The fourth-order valence-corrected chi connectivity index (χ4v) is 5.15. The average molecular weight is 517 g/mol. The smallest absolute Gasteiger partial charge is 0.410 e. The minimum absolute atomic E-state index is 0.217. The summed E-state index contributed by atoms with van der Waals surface area (Å²) in [7, 11) is 1.35. The number of nitrogens with zero attached hydrogens (tertiary/aromatic N) is 2. The Kier molecular flexibility index (Phi) is 9.15. The van der Waals surface area contributed by atoms with Gasteiger partial charge < -0.3 is 19.1 Å². The second-order valence-electron chi connectivity index (χ2n) is 9.17. The lowest BCUT2D eigenvalue weighted by Gasteiger charge is -2.37. The number of fused-ring (bicyclic) bond motifs is 3. The lowest BCUT2D eigenvalue weighted by molar-refractivity contribution is -0.162. The topological polar surface area (TPSA) is 68.3 Å². The van der Waals surface area contributed by atoms with E-state index in [1.165, 1.54) is 7.11 Å². The van der Waals surface area contributed by atoms with Crippen LogP contribution in [0.5, 0.6) is 0 Å². The summed E-state index contributed by atoms with van der Waals surface area (Å²) in [4.78, 5) is 30.8. The predicted octanol–water partition coefficient (Wildman–Crippen LogP) is 5.64. The third-order valence-electron chi connectivity index (χ3n) is 6.84. The van der Waals surface area contributed by atoms with Crippen LogP contribution in [0.25, 0.3) is 11.1 Å². The third kappa shape index (κ3) is 5.74. The number of amides is 2. The summed E-state index contributed by atoms with van der Waals surface area (Å²) in [6.07, 6.45) is -1.14. The van der Waals surface area contributed by atoms with E-state index >= 15 is 0 Å². The van der Waals surface area contributed by atoms with Gasteiger partial charge in [0, 0.05) is 19.8 Å². The molecule has 0 aromatic heterocycles. The zero-order valence-corrected chi connectivity index (χ0v) is 22.5. The Labute approximate surface area is 224 Å². The molecule has 1 unspecified atom stereocenters. The first-order chi connectivity index (χ1) is 18.5. The Hall–Kier alpha value is -3.68. The molecule has 2 amide bonds. The van der Waals surface area contributed by atoms with Gasteiger partial charge in [0.2, 0.25) is 5.91 Å². The molecule has 0 fully saturated rings. The van der Waals surface area contributed by atoms with E-state index in [4.69, 9.17) is 14.2 Å². The molecular weight excluding hydrogens is 480 g/mol. The quantitative estimate of drug-likeness (QED) is 0.309. The number of methoxy groups -OCH3 is 1. The van der Waals surface area contributed by atoms with Crippen LogP contribution in [0.1, 0.15) is 43.5 Å². The summed E-state index contributed by atoms with van der Waals surface area (Å²) in [6.45, 7) is 7.05. The van der Waals surface area contributed by atoms with Crippen LogP contribution in [0, 0.1) is 0 Å². The van der Waals surface area contributed by atoms with Crippen LogP contribution in [0.15, 0.2) is 78.9 Å². The molecule has 0 bridgehead atoms. The molecule has 38 heavy (non-hydrogen) atoms. The molecule has 7 nitrogen and oxygen atoms in total. The largest absolute Gasteiger partial charge is 0.453 e. The summed E-state index contributed by atoms with van der Waals surface area (Å²) in [6, 6.07) is 24.5. The van der Waals surface area contributed by atoms with Gasteiger partial charge in [0.1, 0.15) is 6.04 Å². The summed E-state index contributed by atoms with van der Waals surface area (Å²) in [5.41, 5.74) is 5.01. The highest BCUT2D eigenvalue weighted by Gasteiger charge is 2.41. The lowest BCUT2D eigenvalue weighted by atomic mass is 10.0. The molecule has 0 heterocycles. The molecule has 3 aromatic rings. The molecule has 4 rings (SSSR count). The number of rotatable bonds is 11. The van der Waals surface area contributed by atoms with Gasteiger partial charge in [0.15, 0.2) is 6.29 Å². The zero-order valence-electron chi connectivity index (χ0n) is 22.5. The van der Waals surface area contributed by atoms with E-state index in [1.54, 1.807) is 16.7 Å². The minimum atomic E-state index is -0.820. The van der Waals surface area contributed by atoms with Crippen molar-refractivity contribution in [3.05, 3.63) is 95.6 Å². The van der Waals surface area contributed by atoms with Crippen molar-refractivity contribution in [2.75, 3.05) is 26.9 Å². The predicted molar refractivity (Wildman–Crippen MR) is 146 cm³/mol. The molecule has 200 valence electrons. The number of hydrogen-bond donors (Lipinski definition) is 0. The van der Waals surface area contributed by atoms with Gasteiger partial charge in [-0.05, 0) is 48.6 Å². The maximum Gasteiger partial charge on any atom is 0.410 e. The van der Waals surface area contributed by atoms with Crippen LogP contribution in [0.3, 0.4) is 0 Å². The zero-order chi connectivity index (χ0) is 27.1. The molecule has 0 saturated carbocycles. The van der Waals surface area contributed by atoms with Crippen LogP contribution in [0.2, 0.25) is 0 Å². The van der Waals surface area contributed by atoms with E-state index < -0.39 is 24.5 Å². The van der Waals surface area contributed by atoms with E-state index in [0.717, 1.165) is 27.8 Å². The average Bonchev–Trinajstić information content (AvgIpc) is 3.27. The van der Waals surface area contributed by atoms with Gasteiger partial charge in [0.05, 0.1) is 19.7 Å². The molecule has 0 saturated heterocycles. The standard InChI is InChI=1S/C31H36N2O5/c1-5-37-28(38-6-2)21-32(20-23-14-8-7-9-15-23)30(34)22(3)33(31(35)36-4)29-26-18-12-10-16-24(26)25-17-11-13-19-27(25)29/h7-19,22,28-29H,5-6,20-21H2,1-4H3. The van der Waals surface area contributed by atoms with E-state index in [9.17, 15) is 9.59 Å². The van der Waals surface area contributed by atoms with Gasteiger partial charge in [-0.3, -0.25) is 9.69 Å². The van der Waals surface area contributed by atoms with Gasteiger partial charge in [-0.2, -0.15) is 0 Å². The Balaban J connectivity index is 1.71. The summed E-state index contributed by atoms with van der Waals surface area (Å²) < 4.78 is 16.8. The molecule has 0 aliphatic heterocycles. The molecule has 1 atom stereocenters. The van der Waals surface area contributed by atoms with Gasteiger partial charge in [-0.1, -0.05) is 78.9 Å². The SMILES string of the molecule is CCOC(CN(Cc1ccccc1)C(=O)C(C)N(C(=O)OC)C1c2ccccc2-c2ccccc21)OCC. The number of benzene rings is 3. The van der Waals surface area contributed by atoms with E-state index in [-0.39, 0.29) is 12.5 Å². The first-order valence-corrected chi connectivity index (χ1v) is 13.1. The molecule has 0 N–H and O–H groups in total. The lowest BCUT2D eigenvalue weighted by Crippen LogP contribution is -2.52. The van der Waals surface area contributed by atoms with Gasteiger partial charge >= 0.3 is 6.09 Å². The maximum atomic E-state index is 14.2. The number of hydrogen-bond acceptors (Lipinski definition) is 5. The van der Waals surface area contributed by atoms with Crippen molar-refractivity contribution in [1.82, 2.24) is 9.80 Å². The minimum Gasteiger partial charge on any atom is -0.453 e. The van der Waals surface area contributed by atoms with Crippen LogP contribution < -0.4 is 0 Å². The summed E-state index contributed by atoms with van der Waals surface area (Å²) >= 11 is 0. The first-order valence-electron chi connectivity index (χ1n) is 13.1. The maximum absolute atomic E-state index is 14.2. The summed E-state index contributed by atoms with van der Waals surface area (Å²) in [5.74, 6) is -0.217. The van der Waals surface area contributed by atoms with Crippen LogP contribution in [0.4, 0.5) is 4.79 Å². The molecule has 1 aliphatic rings. The van der Waals surface area contributed by atoms with Crippen LogP contribution >= 0.6 is 0 Å². The normalized spacial score (nSPS) is 13.1. The van der Waals surface area contributed by atoms with Crippen molar-refractivity contribution in [2.45, 2.75) is 45.7 Å². The highest BCUT2D eigenvalue weighted by molar-refractivity contribution is 5.88. The molecule has 3 aromatic carbocycles. The Morgan fingerprint density at radius 1 is 0.816 bits per heavy atom. The third-order valence-corrected chi connectivity index (χ3v) is 6.84. The van der Waals surface area contributed by atoms with Crippen molar-refractivity contribution in [1.29, 1.82) is 0 Å². The monoisotopic (exact) mass is 516 g/mol. The van der Waals surface area contributed by atoms with Crippen molar-refractivity contribution < 1.29 is 23.8 Å². The number of carbonyl (C=O) groups is 2. The van der Waals surface area contributed by atoms with E-state index in [2.05, 4.69) is 0 Å². The van der Waals surface area contributed by atoms with Gasteiger partial charge in [-0.15, -0.1) is 0 Å². The molecule has 0 radical (unpaired) electrons. The Bertz CT molecular complexity index is 1180. The fraction of sp³-hybridized carbons (Fsp3) is 0.355. The van der Waals surface area contributed by atoms with Crippen molar-refractivity contribution in [3.63, 3.8) is 0 Å². The van der Waals surface area contributed by atoms with E-state index in [1.807, 2.05) is 92.7 Å². The molecule has 1 aliphatic carbocycles. The molecule has 0 spiro atoms. The summed E-state index contributed by atoms with van der Waals surface area (Å²) in [5, 5.41) is 0. The Morgan fingerprint density at radius 2 is 1.34 bits per heavy atom. The van der Waals surface area contributed by atoms with E-state index in [0.29, 0.717) is 19.8 Å². The van der Waals surface area contributed by atoms with Gasteiger partial charge in [-0.25, -0.2) is 4.79 Å². The van der Waals surface area contributed by atoms with Crippen molar-refractivity contribution >= 4 is 12.0 Å². The second kappa shape index (κ2) is 12.7. The number of carbonyl (C=O) groups excluding carboxylic acids is 2. The van der Waals surface area contributed by atoms with Gasteiger partial charge in [0.25, 0.3) is 0 Å². The van der Waals surface area contributed by atoms with Crippen LogP contribution in [-0.4, -0.2) is 61.0 Å². The first kappa shape index (κ1) is 27.4. The highest BCUT2D eigenvalue weighted by Crippen LogP contribution is 2.47. The molecule has 7 heteroatoms. The number of ether oxygens (including phenoxy) is 3.